The molecule has 2 aliphatic heterocycles. The van der Waals surface area contributed by atoms with Gasteiger partial charge < -0.3 is 20.1 Å². The van der Waals surface area contributed by atoms with Crippen LogP contribution in [0.4, 0.5) is 11.8 Å². The molecule has 0 spiro atoms. The molecule has 170 valence electrons. The zero-order valence-electron chi connectivity index (χ0n) is 17.5. The number of aliphatic hydroxyl groups is 1. The summed E-state index contributed by atoms with van der Waals surface area (Å²) in [7, 11) is -1.30. The quantitative estimate of drug-likeness (QED) is 0.671. The summed E-state index contributed by atoms with van der Waals surface area (Å²) in [5.41, 5.74) is -0.389. The van der Waals surface area contributed by atoms with Crippen molar-refractivity contribution in [2.45, 2.75) is 48.5 Å². The van der Waals surface area contributed by atoms with Crippen LogP contribution in [0.15, 0.2) is 17.3 Å². The van der Waals surface area contributed by atoms with Gasteiger partial charge in [0, 0.05) is 31.4 Å². The van der Waals surface area contributed by atoms with E-state index in [-0.39, 0.29) is 18.1 Å². The van der Waals surface area contributed by atoms with Gasteiger partial charge in [0.05, 0.1) is 17.2 Å². The van der Waals surface area contributed by atoms with Crippen LogP contribution < -0.4 is 15.0 Å². The zero-order valence-corrected chi connectivity index (χ0v) is 19.1. The molecule has 4 aliphatic rings. The molecule has 2 aromatic rings. The van der Waals surface area contributed by atoms with Crippen LogP contribution in [0.1, 0.15) is 43.8 Å². The maximum absolute atomic E-state index is 12.5. The lowest BCUT2D eigenvalue weighted by molar-refractivity contribution is 0.143. The highest BCUT2D eigenvalue weighted by molar-refractivity contribution is 7.85. The van der Waals surface area contributed by atoms with Crippen LogP contribution in [0.3, 0.4) is 0 Å². The maximum Gasteiger partial charge on any atom is 0.238 e. The third kappa shape index (κ3) is 3.43. The molecule has 3 fully saturated rings. The fourth-order valence-corrected chi connectivity index (χ4v) is 6.55. The largest absolute Gasteiger partial charge is 0.463 e. The molecule has 11 heteroatoms. The van der Waals surface area contributed by atoms with Gasteiger partial charge in [-0.05, 0) is 43.9 Å². The van der Waals surface area contributed by atoms with Crippen LogP contribution in [-0.4, -0.2) is 60.4 Å². The molecular formula is C21H25ClN6O3S. The van der Waals surface area contributed by atoms with Gasteiger partial charge in [0.2, 0.25) is 11.8 Å². The van der Waals surface area contributed by atoms with Crippen molar-refractivity contribution in [1.29, 1.82) is 0 Å². The summed E-state index contributed by atoms with van der Waals surface area (Å²) < 4.78 is 18.1. The van der Waals surface area contributed by atoms with Gasteiger partial charge in [0.1, 0.15) is 21.5 Å². The van der Waals surface area contributed by atoms with E-state index in [9.17, 15) is 9.32 Å². The molecule has 2 N–H and O–H groups in total. The fraction of sp³-hybridized carbons (Fsp3) is 0.619. The predicted molar refractivity (Wildman–Crippen MR) is 119 cm³/mol. The van der Waals surface area contributed by atoms with Crippen LogP contribution in [0.2, 0.25) is 5.02 Å². The second kappa shape index (κ2) is 7.78. The van der Waals surface area contributed by atoms with E-state index in [2.05, 4.69) is 25.2 Å². The third-order valence-electron chi connectivity index (χ3n) is 7.39. The highest BCUT2D eigenvalue weighted by Crippen LogP contribution is 2.47. The Morgan fingerprint density at radius 2 is 1.94 bits per heavy atom. The molecule has 0 bridgehead atoms. The van der Waals surface area contributed by atoms with Crippen LogP contribution in [0, 0.1) is 11.8 Å². The minimum atomic E-state index is -1.30. The normalized spacial score (nSPS) is 29.9. The van der Waals surface area contributed by atoms with Crippen molar-refractivity contribution >= 4 is 34.2 Å². The van der Waals surface area contributed by atoms with Gasteiger partial charge in [-0.15, -0.1) is 0 Å². The second-order valence-electron chi connectivity index (χ2n) is 9.38. The van der Waals surface area contributed by atoms with Crippen molar-refractivity contribution in [3.05, 3.63) is 23.2 Å². The number of nitrogens with one attached hydrogen (secondary N) is 1. The first-order chi connectivity index (χ1) is 15.5. The van der Waals surface area contributed by atoms with Gasteiger partial charge in [-0.25, -0.2) is 9.97 Å². The minimum Gasteiger partial charge on any atom is -0.463 e. The van der Waals surface area contributed by atoms with Crippen molar-refractivity contribution in [2.75, 3.05) is 35.9 Å². The number of aliphatic hydroxyl groups excluding tert-OH is 1. The predicted octanol–water partition coefficient (Wildman–Crippen LogP) is 2.33. The van der Waals surface area contributed by atoms with Gasteiger partial charge in [0.15, 0.2) is 11.8 Å². The summed E-state index contributed by atoms with van der Waals surface area (Å²) in [5.74, 6) is 3.93. The number of aromatic nitrogens is 4. The fourth-order valence-electron chi connectivity index (χ4n) is 5.50. The minimum absolute atomic E-state index is 0.0244. The molecule has 0 aromatic carbocycles. The summed E-state index contributed by atoms with van der Waals surface area (Å²) >= 11 is 5.93. The van der Waals surface area contributed by atoms with Crippen molar-refractivity contribution in [3.8, 4) is 5.88 Å². The van der Waals surface area contributed by atoms with Gasteiger partial charge in [0.25, 0.3) is 0 Å². The number of halogens is 1. The van der Waals surface area contributed by atoms with Gasteiger partial charge in [-0.3, -0.25) is 4.21 Å². The average molecular weight is 477 g/mol. The first-order valence-corrected chi connectivity index (χ1v) is 12.8. The molecular weight excluding hydrogens is 452 g/mol. The maximum atomic E-state index is 12.5. The molecule has 1 saturated heterocycles. The van der Waals surface area contributed by atoms with E-state index in [1.165, 1.54) is 0 Å². The van der Waals surface area contributed by atoms with Crippen LogP contribution in [0.5, 0.6) is 5.88 Å². The first-order valence-electron chi connectivity index (χ1n) is 11.1. The lowest BCUT2D eigenvalue weighted by Crippen LogP contribution is -2.48. The Morgan fingerprint density at radius 3 is 2.56 bits per heavy atom. The Morgan fingerprint density at radius 1 is 1.22 bits per heavy atom. The van der Waals surface area contributed by atoms with E-state index in [0.29, 0.717) is 45.3 Å². The lowest BCUT2D eigenvalue weighted by Gasteiger charge is -2.41. The second-order valence-corrected chi connectivity index (χ2v) is 11.2. The number of rotatable bonds is 5. The van der Waals surface area contributed by atoms with Crippen LogP contribution >= 0.6 is 11.6 Å². The van der Waals surface area contributed by atoms with Crippen molar-refractivity contribution in [2.24, 2.45) is 11.8 Å². The smallest absolute Gasteiger partial charge is 0.238 e. The summed E-state index contributed by atoms with van der Waals surface area (Å²) in [5, 5.41) is 13.8. The molecule has 4 heterocycles. The van der Waals surface area contributed by atoms with E-state index in [4.69, 9.17) is 21.3 Å². The van der Waals surface area contributed by atoms with Crippen molar-refractivity contribution in [1.82, 2.24) is 19.9 Å². The number of anilines is 2. The number of hydrogen-bond donors (Lipinski definition) is 2. The Hall–Kier alpha value is -2.04. The van der Waals surface area contributed by atoms with Crippen molar-refractivity contribution in [3.63, 3.8) is 0 Å². The standard InChI is InChI=1S/C21H25ClN6O3S/c22-15-6-23-17(24-7-15)12-4-13-8-28(9-14(13)5-12)20-25-18(27-21(10-29)2-1-3-21)16-19(26-20)31-11-32(16)30/h6-7,12-14,29H,1-5,8-11H2,(H,25,26,27)/t12?,13?,14?,32-/m0/s1. The zero-order chi connectivity index (χ0) is 21.9. The number of ether oxygens (including phenoxy) is 1. The van der Waals surface area contributed by atoms with Gasteiger partial charge in [-0.2, -0.15) is 9.97 Å². The summed E-state index contributed by atoms with van der Waals surface area (Å²) in [6.45, 7) is 1.75. The monoisotopic (exact) mass is 476 g/mol. The Balaban J connectivity index is 1.22. The Labute approximate surface area is 193 Å². The van der Waals surface area contributed by atoms with E-state index < -0.39 is 10.8 Å². The van der Waals surface area contributed by atoms with Crippen LogP contribution in [0.25, 0.3) is 0 Å². The number of fused-ring (bicyclic) bond motifs is 2. The van der Waals surface area contributed by atoms with Crippen LogP contribution in [-0.2, 0) is 10.8 Å². The molecule has 0 amide bonds. The SMILES string of the molecule is O=[S@]1COc2nc(N3CC4CC(c5ncc(Cl)cn5)CC4C3)nc(NC3(CO)CCC3)c21. The number of hydrogen-bond acceptors (Lipinski definition) is 9. The molecule has 2 saturated carbocycles. The highest BCUT2D eigenvalue weighted by Gasteiger charge is 2.44. The molecule has 32 heavy (non-hydrogen) atoms. The van der Waals surface area contributed by atoms with E-state index >= 15 is 0 Å². The highest BCUT2D eigenvalue weighted by atomic mass is 35.5. The van der Waals surface area contributed by atoms with Gasteiger partial charge in [-0.1, -0.05) is 11.6 Å². The lowest BCUT2D eigenvalue weighted by atomic mass is 9.77. The van der Waals surface area contributed by atoms with Gasteiger partial charge >= 0.3 is 0 Å². The molecule has 6 rings (SSSR count). The molecule has 2 unspecified atom stereocenters. The van der Waals surface area contributed by atoms with E-state index in [0.717, 1.165) is 51.0 Å². The molecule has 2 aromatic heterocycles. The number of nitrogens with zero attached hydrogens (tertiary/aromatic N) is 5. The van der Waals surface area contributed by atoms with E-state index in [1.807, 2.05) is 0 Å². The average Bonchev–Trinajstić information content (AvgIpc) is 3.44. The summed E-state index contributed by atoms with van der Waals surface area (Å²) in [6.07, 6.45) is 8.20. The third-order valence-corrected chi connectivity index (χ3v) is 8.74. The summed E-state index contributed by atoms with van der Waals surface area (Å²) in [4.78, 5) is 21.0. The molecule has 0 radical (unpaired) electrons. The topological polar surface area (TPSA) is 113 Å². The Bertz CT molecular complexity index is 1050. The molecule has 9 nitrogen and oxygen atoms in total. The molecule has 3 atom stereocenters. The molecule has 2 aliphatic carbocycles. The summed E-state index contributed by atoms with van der Waals surface area (Å²) in [6, 6.07) is 0. The first kappa shape index (κ1) is 20.6. The Kier molecular flexibility index (Phi) is 5.00. The van der Waals surface area contributed by atoms with Crippen molar-refractivity contribution < 1.29 is 14.1 Å². The van der Waals surface area contributed by atoms with E-state index in [1.54, 1.807) is 12.4 Å².